The van der Waals surface area contributed by atoms with Crippen molar-refractivity contribution in [1.82, 2.24) is 9.88 Å². The lowest BCUT2D eigenvalue weighted by Crippen LogP contribution is -2.47. The maximum absolute atomic E-state index is 11.9. The van der Waals surface area contributed by atoms with Gasteiger partial charge in [-0.25, -0.2) is 0 Å². The molecule has 3 rings (SSSR count). The van der Waals surface area contributed by atoms with Crippen LogP contribution in [0.3, 0.4) is 0 Å². The molecular weight excluding hydrogens is 396 g/mol. The molecule has 2 atom stereocenters. The molecular formula is C20H23BrN2O3. The van der Waals surface area contributed by atoms with Crippen LogP contribution in [-0.4, -0.2) is 40.2 Å². The van der Waals surface area contributed by atoms with Crippen LogP contribution < -0.4 is 4.74 Å². The minimum Gasteiger partial charge on any atom is -0.494 e. The molecule has 2 aromatic rings. The highest BCUT2D eigenvalue weighted by atomic mass is 79.9. The van der Waals surface area contributed by atoms with E-state index in [1.54, 1.807) is 6.20 Å². The Bertz CT molecular complexity index is 754. The molecule has 1 aliphatic heterocycles. The van der Waals surface area contributed by atoms with Crippen LogP contribution in [0.5, 0.6) is 5.75 Å². The SMILES string of the molecule is CCOc1ccc(Br)cc1C(c1cccnc1)N1CCCCC1C(=O)O. The minimum atomic E-state index is -0.772. The number of carboxylic acid groups (broad SMARTS) is 1. The van der Waals surface area contributed by atoms with Gasteiger partial charge in [0.2, 0.25) is 0 Å². The molecule has 1 aromatic heterocycles. The summed E-state index contributed by atoms with van der Waals surface area (Å²) in [4.78, 5) is 18.3. The summed E-state index contributed by atoms with van der Waals surface area (Å²) in [5, 5.41) is 9.78. The van der Waals surface area contributed by atoms with Gasteiger partial charge in [0.25, 0.3) is 0 Å². The van der Waals surface area contributed by atoms with Gasteiger partial charge in [0.15, 0.2) is 0 Å². The molecule has 2 heterocycles. The van der Waals surface area contributed by atoms with Gasteiger partial charge < -0.3 is 9.84 Å². The zero-order valence-electron chi connectivity index (χ0n) is 14.8. The number of halogens is 1. The molecule has 0 radical (unpaired) electrons. The number of benzene rings is 1. The first kappa shape index (κ1) is 18.9. The number of hydrogen-bond acceptors (Lipinski definition) is 4. The highest BCUT2D eigenvalue weighted by Gasteiger charge is 2.36. The van der Waals surface area contributed by atoms with Crippen molar-refractivity contribution in [1.29, 1.82) is 0 Å². The van der Waals surface area contributed by atoms with E-state index in [1.165, 1.54) is 0 Å². The molecule has 1 aromatic carbocycles. The van der Waals surface area contributed by atoms with Crippen molar-refractivity contribution >= 4 is 21.9 Å². The molecule has 1 fully saturated rings. The van der Waals surface area contributed by atoms with Crippen molar-refractivity contribution < 1.29 is 14.6 Å². The zero-order chi connectivity index (χ0) is 18.5. The topological polar surface area (TPSA) is 62.7 Å². The molecule has 6 heteroatoms. The van der Waals surface area contributed by atoms with Crippen LogP contribution >= 0.6 is 15.9 Å². The van der Waals surface area contributed by atoms with Crippen LogP contribution in [0.1, 0.15) is 43.4 Å². The predicted octanol–water partition coefficient (Wildman–Crippen LogP) is 4.27. The van der Waals surface area contributed by atoms with Crippen LogP contribution in [0.25, 0.3) is 0 Å². The first-order chi connectivity index (χ1) is 12.6. The standard InChI is InChI=1S/C20H23BrN2O3/c1-2-26-18-9-8-15(21)12-16(18)19(14-6-5-10-22-13-14)23-11-4-3-7-17(23)20(24)25/h5-6,8-10,12-13,17,19H,2-4,7,11H2,1H3,(H,24,25). The third kappa shape index (κ3) is 4.07. The number of aromatic nitrogens is 1. The van der Waals surface area contributed by atoms with Gasteiger partial charge in [-0.2, -0.15) is 0 Å². The fraction of sp³-hybridized carbons (Fsp3) is 0.400. The van der Waals surface area contributed by atoms with E-state index >= 15 is 0 Å². The van der Waals surface area contributed by atoms with E-state index in [1.807, 2.05) is 43.5 Å². The summed E-state index contributed by atoms with van der Waals surface area (Å²) in [6.45, 7) is 3.23. The molecule has 1 aliphatic rings. The highest BCUT2D eigenvalue weighted by Crippen LogP contribution is 2.39. The smallest absolute Gasteiger partial charge is 0.320 e. The number of carboxylic acids is 1. The van der Waals surface area contributed by atoms with E-state index in [4.69, 9.17) is 4.74 Å². The molecule has 26 heavy (non-hydrogen) atoms. The molecule has 5 nitrogen and oxygen atoms in total. The summed E-state index contributed by atoms with van der Waals surface area (Å²) in [6, 6.07) is 9.07. The van der Waals surface area contributed by atoms with Crippen molar-refractivity contribution in [3.8, 4) is 5.75 Å². The Morgan fingerprint density at radius 3 is 2.96 bits per heavy atom. The summed E-state index contributed by atoms with van der Waals surface area (Å²) in [6.07, 6.45) is 6.12. The lowest BCUT2D eigenvalue weighted by atomic mass is 9.92. The number of nitrogens with zero attached hydrogens (tertiary/aromatic N) is 2. The molecule has 0 aliphatic carbocycles. The number of carbonyl (C=O) groups is 1. The van der Waals surface area contributed by atoms with E-state index in [9.17, 15) is 9.90 Å². The minimum absolute atomic E-state index is 0.218. The maximum Gasteiger partial charge on any atom is 0.320 e. The van der Waals surface area contributed by atoms with Gasteiger partial charge in [-0.1, -0.05) is 28.4 Å². The molecule has 138 valence electrons. The first-order valence-electron chi connectivity index (χ1n) is 8.92. The van der Waals surface area contributed by atoms with Gasteiger partial charge in [0.1, 0.15) is 11.8 Å². The molecule has 0 spiro atoms. The molecule has 1 N–H and O–H groups in total. The quantitative estimate of drug-likeness (QED) is 0.758. The average Bonchev–Trinajstić information content (AvgIpc) is 2.65. The van der Waals surface area contributed by atoms with E-state index < -0.39 is 12.0 Å². The first-order valence-corrected chi connectivity index (χ1v) is 9.71. The van der Waals surface area contributed by atoms with Gasteiger partial charge in [0, 0.05) is 22.4 Å². The normalized spacial score (nSPS) is 19.1. The third-order valence-electron chi connectivity index (χ3n) is 4.73. The van der Waals surface area contributed by atoms with Crippen LogP contribution in [0, 0.1) is 0 Å². The maximum atomic E-state index is 11.9. The van der Waals surface area contributed by atoms with Crippen molar-refractivity contribution in [2.45, 2.75) is 38.3 Å². The summed E-state index contributed by atoms with van der Waals surface area (Å²) < 4.78 is 6.80. The summed E-state index contributed by atoms with van der Waals surface area (Å²) >= 11 is 3.55. The van der Waals surface area contributed by atoms with E-state index in [-0.39, 0.29) is 6.04 Å². The molecule has 0 bridgehead atoms. The van der Waals surface area contributed by atoms with Crippen LogP contribution in [0.2, 0.25) is 0 Å². The Morgan fingerprint density at radius 2 is 2.27 bits per heavy atom. The van der Waals surface area contributed by atoms with Gasteiger partial charge >= 0.3 is 5.97 Å². The molecule has 0 saturated carbocycles. The molecule has 2 unspecified atom stereocenters. The number of pyridine rings is 1. The second kappa shape index (κ2) is 8.64. The number of ether oxygens (including phenoxy) is 1. The zero-order valence-corrected chi connectivity index (χ0v) is 16.4. The van der Waals surface area contributed by atoms with Crippen molar-refractivity contribution in [3.63, 3.8) is 0 Å². The predicted molar refractivity (Wildman–Crippen MR) is 103 cm³/mol. The third-order valence-corrected chi connectivity index (χ3v) is 5.22. The van der Waals surface area contributed by atoms with Crippen LogP contribution in [-0.2, 0) is 4.79 Å². The fourth-order valence-electron chi connectivity index (χ4n) is 3.64. The van der Waals surface area contributed by atoms with Crippen molar-refractivity contribution in [3.05, 3.63) is 58.3 Å². The fourth-order valence-corrected chi connectivity index (χ4v) is 4.01. The average molecular weight is 419 g/mol. The highest BCUT2D eigenvalue weighted by molar-refractivity contribution is 9.10. The number of hydrogen-bond donors (Lipinski definition) is 1. The number of aliphatic carboxylic acids is 1. The number of rotatable bonds is 6. The van der Waals surface area contributed by atoms with E-state index in [2.05, 4.69) is 25.8 Å². The molecule has 0 amide bonds. The van der Waals surface area contributed by atoms with Crippen molar-refractivity contribution in [2.24, 2.45) is 0 Å². The summed E-state index contributed by atoms with van der Waals surface area (Å²) in [7, 11) is 0. The molecule has 1 saturated heterocycles. The van der Waals surface area contributed by atoms with Crippen LogP contribution in [0.4, 0.5) is 0 Å². The van der Waals surface area contributed by atoms with Gasteiger partial charge in [-0.3, -0.25) is 14.7 Å². The number of piperidine rings is 1. The van der Waals surface area contributed by atoms with Gasteiger partial charge in [-0.15, -0.1) is 0 Å². The largest absolute Gasteiger partial charge is 0.494 e. The lowest BCUT2D eigenvalue weighted by molar-refractivity contribution is -0.145. The van der Waals surface area contributed by atoms with Crippen molar-refractivity contribution in [2.75, 3.05) is 13.2 Å². The Hall–Kier alpha value is -1.92. The second-order valence-electron chi connectivity index (χ2n) is 6.39. The van der Waals surface area contributed by atoms with E-state index in [0.717, 1.165) is 40.7 Å². The second-order valence-corrected chi connectivity index (χ2v) is 7.31. The van der Waals surface area contributed by atoms with Gasteiger partial charge in [0.05, 0.1) is 12.6 Å². The van der Waals surface area contributed by atoms with Crippen LogP contribution in [0.15, 0.2) is 47.2 Å². The monoisotopic (exact) mass is 418 g/mol. The Balaban J connectivity index is 2.13. The van der Waals surface area contributed by atoms with E-state index in [0.29, 0.717) is 13.0 Å². The summed E-state index contributed by atoms with van der Waals surface area (Å²) in [5.41, 5.74) is 1.93. The Kier molecular flexibility index (Phi) is 6.27. The summed E-state index contributed by atoms with van der Waals surface area (Å²) in [5.74, 6) is 0.00538. The van der Waals surface area contributed by atoms with Gasteiger partial charge in [-0.05, 0) is 56.1 Å². The Morgan fingerprint density at radius 1 is 1.42 bits per heavy atom. The lowest BCUT2D eigenvalue weighted by Gasteiger charge is -2.40. The Labute approximate surface area is 162 Å². The number of likely N-dealkylation sites (tertiary alicyclic amines) is 1.